The van der Waals surface area contributed by atoms with Crippen LogP contribution in [-0.2, 0) is 14.9 Å². The number of hydrogen-bond donors (Lipinski definition) is 1. The Labute approximate surface area is 202 Å². The van der Waals surface area contributed by atoms with Gasteiger partial charge >= 0.3 is 21.7 Å². The maximum atomic E-state index is 14.7. The summed E-state index contributed by atoms with van der Waals surface area (Å²) < 4.78 is 98.8. The van der Waals surface area contributed by atoms with Crippen molar-refractivity contribution in [1.82, 2.24) is 14.8 Å². The molecule has 0 bridgehead atoms. The molecule has 0 aliphatic carbocycles. The number of amides is 1. The highest BCUT2D eigenvalue weighted by molar-refractivity contribution is 7.88. The van der Waals surface area contributed by atoms with Gasteiger partial charge in [-0.05, 0) is 52.0 Å². The number of aromatic nitrogens is 3. The number of benzene rings is 1. The molecule has 0 aliphatic heterocycles. The molecule has 1 amide bonds. The Morgan fingerprint density at radius 2 is 1.69 bits per heavy atom. The molecule has 194 valence electrons. The number of aryl methyl sites for hydroxylation is 1. The second-order valence-corrected chi connectivity index (χ2v) is 9.86. The average Bonchev–Trinajstić information content (AvgIpc) is 3.11. The molecular weight excluding hydrogens is 515 g/mol. The van der Waals surface area contributed by atoms with Gasteiger partial charge in [-0.25, -0.2) is 18.9 Å². The Morgan fingerprint density at radius 3 is 2.25 bits per heavy atom. The molecule has 0 atom stereocenters. The molecule has 15 heteroatoms. The van der Waals surface area contributed by atoms with E-state index in [1.54, 1.807) is 20.8 Å². The van der Waals surface area contributed by atoms with E-state index in [4.69, 9.17) is 4.74 Å². The topological polar surface area (TPSA) is 112 Å². The number of anilines is 1. The summed E-state index contributed by atoms with van der Waals surface area (Å²) in [5.41, 5.74) is -6.37. The van der Waals surface area contributed by atoms with E-state index in [-0.39, 0.29) is 17.1 Å². The molecule has 3 rings (SSSR count). The first-order valence-electron chi connectivity index (χ1n) is 10.0. The number of pyridine rings is 1. The molecule has 36 heavy (non-hydrogen) atoms. The molecule has 0 aliphatic rings. The minimum atomic E-state index is -6.19. The maximum Gasteiger partial charge on any atom is 0.534 e. The largest absolute Gasteiger partial charge is 0.534 e. The van der Waals surface area contributed by atoms with Crippen LogP contribution < -0.4 is 9.50 Å². The van der Waals surface area contributed by atoms with Gasteiger partial charge in [-0.15, -0.1) is 0 Å². The Morgan fingerprint density at radius 1 is 1.03 bits per heavy atom. The van der Waals surface area contributed by atoms with E-state index < -0.39 is 50.3 Å². The lowest BCUT2D eigenvalue weighted by Crippen LogP contribution is -2.28. The summed E-state index contributed by atoms with van der Waals surface area (Å²) in [6, 6.07) is 4.38. The van der Waals surface area contributed by atoms with Gasteiger partial charge in [-0.1, -0.05) is 0 Å². The highest BCUT2D eigenvalue weighted by atomic mass is 32.2. The van der Waals surface area contributed by atoms with E-state index in [0.717, 1.165) is 6.07 Å². The lowest BCUT2D eigenvalue weighted by molar-refractivity contribution is -0.0501. The fraction of sp³-hybridized carbons (Fsp3) is 0.286. The first kappa shape index (κ1) is 26.8. The summed E-state index contributed by atoms with van der Waals surface area (Å²) in [6.07, 6.45) is 1.90. The van der Waals surface area contributed by atoms with Crippen LogP contribution in [0.1, 0.15) is 26.5 Å². The molecule has 1 aromatic carbocycles. The van der Waals surface area contributed by atoms with Gasteiger partial charge in [-0.3, -0.25) is 5.32 Å². The summed E-state index contributed by atoms with van der Waals surface area (Å²) in [6.45, 7) is 6.56. The molecule has 9 nitrogen and oxygen atoms in total. The molecule has 0 saturated heterocycles. The molecule has 0 spiro atoms. The number of ether oxygens (including phenoxy) is 1. The van der Waals surface area contributed by atoms with E-state index in [9.17, 15) is 35.2 Å². The van der Waals surface area contributed by atoms with Gasteiger partial charge in [0.1, 0.15) is 5.60 Å². The van der Waals surface area contributed by atoms with E-state index in [2.05, 4.69) is 19.6 Å². The number of nitrogens with one attached hydrogen (secondary N) is 1. The molecule has 0 unspecified atom stereocenters. The predicted octanol–water partition coefficient (Wildman–Crippen LogP) is 5.10. The van der Waals surface area contributed by atoms with Crippen LogP contribution in [-0.4, -0.2) is 40.4 Å². The van der Waals surface area contributed by atoms with Crippen molar-refractivity contribution in [2.75, 3.05) is 5.32 Å². The minimum absolute atomic E-state index is 0.0504. The smallest absolute Gasteiger partial charge is 0.444 e. The molecule has 2 aromatic heterocycles. The zero-order chi connectivity index (χ0) is 27.1. The highest BCUT2D eigenvalue weighted by Crippen LogP contribution is 2.34. The zero-order valence-corrected chi connectivity index (χ0v) is 20.0. The average molecular weight is 534 g/mol. The Balaban J connectivity index is 1.86. The number of rotatable bonds is 5. The summed E-state index contributed by atoms with van der Waals surface area (Å²) >= 11 is 0. The van der Waals surface area contributed by atoms with Crippen LogP contribution in [0.25, 0.3) is 16.9 Å². The summed E-state index contributed by atoms with van der Waals surface area (Å²) in [4.78, 5) is 16.0. The molecule has 3 aromatic rings. The highest BCUT2D eigenvalue weighted by Gasteiger charge is 2.49. The third kappa shape index (κ3) is 5.90. The maximum absolute atomic E-state index is 14.7. The van der Waals surface area contributed by atoms with E-state index in [0.29, 0.717) is 11.8 Å². The SMILES string of the molecule is Cc1nn(-c2ccc(NC(=O)OC(C)(C)C)cn2)cc1-c1ccc(OS(=O)(=O)C(F)(F)F)c(F)c1F. The predicted molar refractivity (Wildman–Crippen MR) is 117 cm³/mol. The fourth-order valence-corrected chi connectivity index (χ4v) is 3.29. The molecule has 0 radical (unpaired) electrons. The second kappa shape index (κ2) is 9.37. The number of nitrogens with zero attached hydrogens (tertiary/aromatic N) is 3. The number of hydrogen-bond acceptors (Lipinski definition) is 7. The van der Waals surface area contributed by atoms with E-state index in [1.165, 1.54) is 36.1 Å². The first-order valence-corrected chi connectivity index (χ1v) is 11.4. The Hall–Kier alpha value is -3.75. The lowest BCUT2D eigenvalue weighted by Gasteiger charge is -2.19. The first-order chi connectivity index (χ1) is 16.5. The number of alkyl halides is 3. The van der Waals surface area contributed by atoms with Crippen LogP contribution in [0, 0.1) is 18.6 Å². The molecule has 1 N–H and O–H groups in total. The van der Waals surface area contributed by atoms with E-state index >= 15 is 0 Å². The van der Waals surface area contributed by atoms with Crippen molar-refractivity contribution in [1.29, 1.82) is 0 Å². The monoisotopic (exact) mass is 534 g/mol. The molecule has 0 fully saturated rings. The van der Waals surface area contributed by atoms with Crippen molar-refractivity contribution in [3.8, 4) is 22.7 Å². The number of carbonyl (C=O) groups excluding carboxylic acids is 1. The van der Waals surface area contributed by atoms with Crippen LogP contribution in [0.2, 0.25) is 0 Å². The Kier molecular flexibility index (Phi) is 6.99. The Bertz CT molecular complexity index is 1400. The van der Waals surface area contributed by atoms with Crippen LogP contribution in [0.4, 0.5) is 32.4 Å². The van der Waals surface area contributed by atoms with E-state index in [1.807, 2.05) is 0 Å². The van der Waals surface area contributed by atoms with Crippen molar-refractivity contribution < 1.29 is 44.1 Å². The molecule has 2 heterocycles. The molecule has 0 saturated carbocycles. The minimum Gasteiger partial charge on any atom is -0.444 e. The van der Waals surface area contributed by atoms with Crippen molar-refractivity contribution >= 4 is 21.9 Å². The number of carbonyl (C=O) groups is 1. The lowest BCUT2D eigenvalue weighted by atomic mass is 10.1. The van der Waals surface area contributed by atoms with Crippen molar-refractivity contribution in [2.24, 2.45) is 0 Å². The number of halogens is 5. The fourth-order valence-electron chi connectivity index (χ4n) is 2.83. The summed E-state index contributed by atoms with van der Waals surface area (Å²) in [7, 11) is -6.19. The normalized spacial score (nSPS) is 12.4. The van der Waals surface area contributed by atoms with Gasteiger partial charge in [0.25, 0.3) is 0 Å². The van der Waals surface area contributed by atoms with Gasteiger partial charge < -0.3 is 8.92 Å². The standard InChI is InChI=1S/C21H19F5N4O5S/c1-11-14(13-6-7-15(18(23)17(13)22)35-36(32,33)21(24,25)26)10-30(29-11)16-8-5-12(9-27-16)28-19(31)34-20(2,3)4/h5-10H,1-4H3,(H,28,31). The quantitative estimate of drug-likeness (QED) is 0.275. The van der Waals surface area contributed by atoms with Gasteiger partial charge in [0, 0.05) is 17.3 Å². The third-order valence-electron chi connectivity index (χ3n) is 4.35. The van der Waals surface area contributed by atoms with Crippen molar-refractivity contribution in [3.63, 3.8) is 0 Å². The third-order valence-corrected chi connectivity index (χ3v) is 5.31. The second-order valence-electron chi connectivity index (χ2n) is 8.33. The summed E-state index contributed by atoms with van der Waals surface area (Å²) in [5.74, 6) is -4.79. The van der Waals surface area contributed by atoms with Crippen LogP contribution in [0.5, 0.6) is 5.75 Å². The molecular formula is C21H19F5N4O5S. The van der Waals surface area contributed by atoms with Crippen LogP contribution in [0.3, 0.4) is 0 Å². The zero-order valence-electron chi connectivity index (χ0n) is 19.1. The van der Waals surface area contributed by atoms with Gasteiger partial charge in [0.2, 0.25) is 5.82 Å². The van der Waals surface area contributed by atoms with Crippen molar-refractivity contribution in [2.45, 2.75) is 38.8 Å². The van der Waals surface area contributed by atoms with Crippen molar-refractivity contribution in [3.05, 3.63) is 54.0 Å². The van der Waals surface area contributed by atoms with Gasteiger partial charge in [0.15, 0.2) is 17.4 Å². The van der Waals surface area contributed by atoms with Gasteiger partial charge in [-0.2, -0.15) is 31.1 Å². The van der Waals surface area contributed by atoms with Crippen LogP contribution in [0.15, 0.2) is 36.7 Å². The van der Waals surface area contributed by atoms with Gasteiger partial charge in [0.05, 0.1) is 17.6 Å². The summed E-state index contributed by atoms with van der Waals surface area (Å²) in [5, 5.41) is 6.65. The van der Waals surface area contributed by atoms with Crippen LogP contribution >= 0.6 is 0 Å².